The number of aromatic nitrogens is 1. The van der Waals surface area contributed by atoms with Crippen LogP contribution in [-0.4, -0.2) is 26.3 Å². The predicted molar refractivity (Wildman–Crippen MR) is 89.7 cm³/mol. The van der Waals surface area contributed by atoms with E-state index >= 15 is 0 Å². The maximum absolute atomic E-state index is 6.20. The van der Waals surface area contributed by atoms with E-state index in [1.807, 2.05) is 30.3 Å². The molecule has 0 fully saturated rings. The van der Waals surface area contributed by atoms with Crippen LogP contribution < -0.4 is 14.2 Å². The van der Waals surface area contributed by atoms with Crippen LogP contribution >= 0.6 is 22.9 Å². The van der Waals surface area contributed by atoms with Gasteiger partial charge in [-0.2, -0.15) is 0 Å². The van der Waals surface area contributed by atoms with Gasteiger partial charge in [0.25, 0.3) is 0 Å². The lowest BCUT2D eigenvalue weighted by molar-refractivity contribution is 0.324. The first-order valence-corrected chi connectivity index (χ1v) is 7.72. The molecule has 0 spiro atoms. The summed E-state index contributed by atoms with van der Waals surface area (Å²) < 4.78 is 17.1. The monoisotopic (exact) mass is 335 g/mol. The van der Waals surface area contributed by atoms with Crippen molar-refractivity contribution in [3.63, 3.8) is 0 Å². The molecule has 0 unspecified atom stereocenters. The Kier molecular flexibility index (Phi) is 4.09. The van der Waals surface area contributed by atoms with E-state index in [1.165, 1.54) is 0 Å². The average Bonchev–Trinajstić information content (AvgIpc) is 2.99. The van der Waals surface area contributed by atoms with Crippen molar-refractivity contribution in [1.29, 1.82) is 0 Å². The van der Waals surface area contributed by atoms with Crippen LogP contribution in [0.5, 0.6) is 17.2 Å². The fourth-order valence-corrected chi connectivity index (χ4v) is 3.50. The normalized spacial score (nSPS) is 10.7. The molecule has 0 bridgehead atoms. The van der Waals surface area contributed by atoms with Crippen molar-refractivity contribution in [2.24, 2.45) is 0 Å². The van der Waals surface area contributed by atoms with Crippen LogP contribution in [-0.2, 0) is 0 Å². The molecule has 6 heteroatoms. The topological polar surface area (TPSA) is 40.6 Å². The quantitative estimate of drug-likeness (QED) is 0.696. The highest BCUT2D eigenvalue weighted by Crippen LogP contribution is 2.43. The number of nitrogens with zero attached hydrogens (tertiary/aromatic N) is 1. The van der Waals surface area contributed by atoms with E-state index in [-0.39, 0.29) is 0 Å². The summed E-state index contributed by atoms with van der Waals surface area (Å²) in [6, 6.07) is 9.52. The van der Waals surface area contributed by atoms with E-state index in [0.29, 0.717) is 22.3 Å². The maximum atomic E-state index is 6.20. The lowest BCUT2D eigenvalue weighted by Crippen LogP contribution is -1.95. The van der Waals surface area contributed by atoms with Crippen LogP contribution in [0, 0.1) is 0 Å². The molecule has 0 aliphatic carbocycles. The number of hydrogen-bond donors (Lipinski definition) is 0. The Morgan fingerprint density at radius 1 is 1.00 bits per heavy atom. The Bertz CT molecular complexity index is 806. The third kappa shape index (κ3) is 2.46. The van der Waals surface area contributed by atoms with E-state index in [1.54, 1.807) is 32.7 Å². The van der Waals surface area contributed by atoms with E-state index < -0.39 is 0 Å². The van der Waals surface area contributed by atoms with E-state index in [4.69, 9.17) is 25.8 Å². The zero-order chi connectivity index (χ0) is 15.7. The van der Waals surface area contributed by atoms with Crippen LogP contribution in [0.15, 0.2) is 30.3 Å². The Morgan fingerprint density at radius 2 is 1.68 bits per heavy atom. The Hall–Kier alpha value is -1.98. The van der Waals surface area contributed by atoms with Crippen molar-refractivity contribution >= 4 is 33.2 Å². The van der Waals surface area contributed by atoms with Crippen molar-refractivity contribution in [3.8, 4) is 27.8 Å². The second-order valence-electron chi connectivity index (χ2n) is 4.52. The molecular formula is C16H14ClNO3S. The minimum absolute atomic E-state index is 0.563. The maximum Gasteiger partial charge on any atom is 0.203 e. The number of halogens is 1. The summed E-state index contributed by atoms with van der Waals surface area (Å²) in [6.45, 7) is 0. The largest absolute Gasteiger partial charge is 0.493 e. The van der Waals surface area contributed by atoms with Gasteiger partial charge in [-0.3, -0.25) is 0 Å². The van der Waals surface area contributed by atoms with Gasteiger partial charge in [0.15, 0.2) is 11.5 Å². The van der Waals surface area contributed by atoms with Crippen molar-refractivity contribution in [2.45, 2.75) is 0 Å². The molecule has 22 heavy (non-hydrogen) atoms. The van der Waals surface area contributed by atoms with Gasteiger partial charge in [-0.1, -0.05) is 17.7 Å². The molecule has 0 N–H and O–H groups in total. The number of thiazole rings is 1. The molecule has 114 valence electrons. The fourth-order valence-electron chi connectivity index (χ4n) is 2.24. The van der Waals surface area contributed by atoms with Crippen molar-refractivity contribution in [3.05, 3.63) is 35.4 Å². The number of ether oxygens (including phenoxy) is 3. The molecule has 1 aromatic heterocycles. The van der Waals surface area contributed by atoms with Crippen LogP contribution in [0.1, 0.15) is 0 Å². The van der Waals surface area contributed by atoms with Gasteiger partial charge in [-0.05, 0) is 24.3 Å². The summed E-state index contributed by atoms with van der Waals surface area (Å²) in [5, 5.41) is 1.50. The van der Waals surface area contributed by atoms with Crippen molar-refractivity contribution < 1.29 is 14.2 Å². The van der Waals surface area contributed by atoms with Crippen LogP contribution in [0.2, 0.25) is 5.02 Å². The van der Waals surface area contributed by atoms with Crippen molar-refractivity contribution in [2.75, 3.05) is 21.3 Å². The second kappa shape index (κ2) is 6.02. The molecule has 4 nitrogen and oxygen atoms in total. The standard InChI is InChI=1S/C16H14ClNO3S/c1-19-11-7-9(8-12(20-2)15(11)21-3)16-18-14-10(17)5-4-6-13(14)22-16/h4-8H,1-3H3. The molecule has 0 saturated heterocycles. The number of benzene rings is 2. The lowest BCUT2D eigenvalue weighted by atomic mass is 10.2. The molecule has 3 aromatic rings. The number of rotatable bonds is 4. The highest BCUT2D eigenvalue weighted by Gasteiger charge is 2.16. The summed E-state index contributed by atoms with van der Waals surface area (Å²) in [4.78, 5) is 4.62. The second-order valence-corrected chi connectivity index (χ2v) is 5.96. The minimum atomic E-state index is 0.563. The highest BCUT2D eigenvalue weighted by atomic mass is 35.5. The zero-order valence-electron chi connectivity index (χ0n) is 12.3. The van der Waals surface area contributed by atoms with Crippen LogP contribution in [0.25, 0.3) is 20.8 Å². The molecule has 0 aliphatic rings. The predicted octanol–water partition coefficient (Wildman–Crippen LogP) is 4.64. The first kappa shape index (κ1) is 14.9. The molecule has 0 saturated carbocycles. The van der Waals surface area contributed by atoms with Crippen LogP contribution in [0.4, 0.5) is 0 Å². The smallest absolute Gasteiger partial charge is 0.203 e. The van der Waals surface area contributed by atoms with E-state index in [9.17, 15) is 0 Å². The lowest BCUT2D eigenvalue weighted by Gasteiger charge is -2.13. The Labute approximate surface area is 137 Å². The Morgan fingerprint density at radius 3 is 2.23 bits per heavy atom. The highest BCUT2D eigenvalue weighted by molar-refractivity contribution is 7.21. The summed E-state index contributed by atoms with van der Waals surface area (Å²) in [5.74, 6) is 1.76. The van der Waals surface area contributed by atoms with Gasteiger partial charge in [0, 0.05) is 5.56 Å². The van der Waals surface area contributed by atoms with Gasteiger partial charge in [-0.25, -0.2) is 4.98 Å². The molecule has 1 heterocycles. The SMILES string of the molecule is COc1cc(-c2nc3c(Cl)cccc3s2)cc(OC)c1OC. The fraction of sp³-hybridized carbons (Fsp3) is 0.188. The number of hydrogen-bond acceptors (Lipinski definition) is 5. The molecule has 0 atom stereocenters. The first-order valence-electron chi connectivity index (χ1n) is 6.53. The number of para-hydroxylation sites is 1. The molecule has 0 radical (unpaired) electrons. The summed E-state index contributed by atoms with van der Waals surface area (Å²) >= 11 is 7.77. The third-order valence-corrected chi connectivity index (χ3v) is 4.66. The molecule has 2 aromatic carbocycles. The molecule has 0 amide bonds. The summed E-state index contributed by atoms with van der Waals surface area (Å²) in [6.07, 6.45) is 0. The van der Waals surface area contributed by atoms with Gasteiger partial charge in [0.2, 0.25) is 5.75 Å². The van der Waals surface area contributed by atoms with Gasteiger partial charge < -0.3 is 14.2 Å². The summed E-state index contributed by atoms with van der Waals surface area (Å²) in [5.41, 5.74) is 1.70. The zero-order valence-corrected chi connectivity index (χ0v) is 13.9. The first-order chi connectivity index (χ1) is 10.7. The van der Waals surface area contributed by atoms with E-state index in [0.717, 1.165) is 20.8 Å². The number of methoxy groups -OCH3 is 3. The van der Waals surface area contributed by atoms with Gasteiger partial charge in [0.1, 0.15) is 10.5 Å². The van der Waals surface area contributed by atoms with Crippen LogP contribution in [0.3, 0.4) is 0 Å². The van der Waals surface area contributed by atoms with Crippen molar-refractivity contribution in [1.82, 2.24) is 4.98 Å². The van der Waals surface area contributed by atoms with Gasteiger partial charge in [-0.15, -0.1) is 11.3 Å². The third-order valence-electron chi connectivity index (χ3n) is 3.28. The number of fused-ring (bicyclic) bond motifs is 1. The summed E-state index contributed by atoms with van der Waals surface area (Å²) in [7, 11) is 4.77. The van der Waals surface area contributed by atoms with E-state index in [2.05, 4.69) is 4.98 Å². The molecular weight excluding hydrogens is 322 g/mol. The Balaban J connectivity index is 2.19. The average molecular weight is 336 g/mol. The van der Waals surface area contributed by atoms with Gasteiger partial charge >= 0.3 is 0 Å². The molecule has 3 rings (SSSR count). The minimum Gasteiger partial charge on any atom is -0.493 e. The van der Waals surface area contributed by atoms with Gasteiger partial charge in [0.05, 0.1) is 31.1 Å². The molecule has 0 aliphatic heterocycles.